The highest BCUT2D eigenvalue weighted by molar-refractivity contribution is 6.06. The highest BCUT2D eigenvalue weighted by Gasteiger charge is 2.25. The zero-order valence-electron chi connectivity index (χ0n) is 20.3. The number of nitrogens with one attached hydrogen (secondary N) is 1. The summed E-state index contributed by atoms with van der Waals surface area (Å²) in [4.78, 5) is 27.9. The van der Waals surface area contributed by atoms with Gasteiger partial charge in [0.2, 0.25) is 0 Å². The molecule has 1 amide bonds. The fraction of sp³-hybridized carbons (Fsp3) is 0.400. The number of alkyl halides is 2. The molecular formula is C25H28F3N5O3. The first kappa shape index (κ1) is 25.5. The van der Waals surface area contributed by atoms with Gasteiger partial charge >= 0.3 is 5.69 Å². The minimum Gasteiger partial charge on any atom is -0.488 e. The minimum atomic E-state index is -2.81. The Labute approximate surface area is 206 Å². The molecule has 0 spiro atoms. The summed E-state index contributed by atoms with van der Waals surface area (Å²) in [7, 11) is 3.69. The largest absolute Gasteiger partial charge is 0.488 e. The molecule has 1 aliphatic heterocycles. The Kier molecular flexibility index (Phi) is 7.48. The van der Waals surface area contributed by atoms with Crippen LogP contribution in [0, 0.1) is 5.82 Å². The number of para-hydroxylation sites is 1. The van der Waals surface area contributed by atoms with E-state index in [4.69, 9.17) is 4.74 Å². The second-order valence-electron chi connectivity index (χ2n) is 9.05. The van der Waals surface area contributed by atoms with E-state index in [1.54, 1.807) is 6.92 Å². The average molecular weight is 504 g/mol. The Morgan fingerprint density at radius 3 is 2.67 bits per heavy atom. The molecule has 1 aromatic heterocycles. The molecule has 3 aromatic rings. The number of amides is 1. The van der Waals surface area contributed by atoms with Crippen molar-refractivity contribution >= 4 is 11.6 Å². The molecule has 0 saturated heterocycles. The van der Waals surface area contributed by atoms with E-state index in [9.17, 15) is 18.4 Å². The normalized spacial score (nSPS) is 14.1. The summed E-state index contributed by atoms with van der Waals surface area (Å²) < 4.78 is 50.6. The van der Waals surface area contributed by atoms with Gasteiger partial charge in [-0.25, -0.2) is 18.0 Å². The lowest BCUT2D eigenvalue weighted by molar-refractivity contribution is 0.101. The number of rotatable bonds is 8. The van der Waals surface area contributed by atoms with Crippen LogP contribution in [-0.2, 0) is 13.0 Å². The summed E-state index contributed by atoms with van der Waals surface area (Å²) >= 11 is 0. The first-order valence-corrected chi connectivity index (χ1v) is 11.7. The first-order chi connectivity index (χ1) is 17.2. The Balaban J connectivity index is 1.76. The van der Waals surface area contributed by atoms with E-state index in [-0.39, 0.29) is 28.3 Å². The van der Waals surface area contributed by atoms with Crippen LogP contribution in [0.4, 0.5) is 18.9 Å². The topological polar surface area (TPSA) is 81.4 Å². The molecule has 0 aliphatic carbocycles. The monoisotopic (exact) mass is 503 g/mol. The van der Waals surface area contributed by atoms with E-state index in [1.165, 1.54) is 34.9 Å². The van der Waals surface area contributed by atoms with Crippen LogP contribution < -0.4 is 15.7 Å². The molecule has 1 atom stereocenters. The van der Waals surface area contributed by atoms with Crippen molar-refractivity contribution in [2.45, 2.75) is 45.3 Å². The van der Waals surface area contributed by atoms with Gasteiger partial charge in [0.25, 0.3) is 12.3 Å². The molecule has 192 valence electrons. The molecule has 1 N–H and O–H groups in total. The predicted molar refractivity (Wildman–Crippen MR) is 129 cm³/mol. The Morgan fingerprint density at radius 2 is 1.97 bits per heavy atom. The van der Waals surface area contributed by atoms with E-state index >= 15 is 4.39 Å². The van der Waals surface area contributed by atoms with E-state index < -0.39 is 29.9 Å². The quantitative estimate of drug-likeness (QED) is 0.502. The lowest BCUT2D eigenvalue weighted by atomic mass is 10.1. The summed E-state index contributed by atoms with van der Waals surface area (Å²) in [6.45, 7) is 2.77. The van der Waals surface area contributed by atoms with Crippen LogP contribution in [0.1, 0.15) is 47.9 Å². The van der Waals surface area contributed by atoms with Crippen LogP contribution in [-0.4, -0.2) is 51.9 Å². The van der Waals surface area contributed by atoms with E-state index in [1.807, 2.05) is 19.0 Å². The SMILES string of the molecule is CC(CN(C)C)Oc1cc(-n2nc3n(c2=O)CCCC3)c(F)cc1C(=O)Nc1ccccc1C(F)F. The van der Waals surface area contributed by atoms with Gasteiger partial charge in [0, 0.05) is 36.8 Å². The van der Waals surface area contributed by atoms with Gasteiger partial charge < -0.3 is 15.0 Å². The van der Waals surface area contributed by atoms with Gasteiger partial charge in [-0.05, 0) is 46.0 Å². The first-order valence-electron chi connectivity index (χ1n) is 11.7. The fourth-order valence-electron chi connectivity index (χ4n) is 4.30. The van der Waals surface area contributed by atoms with Gasteiger partial charge in [-0.1, -0.05) is 18.2 Å². The van der Waals surface area contributed by atoms with Gasteiger partial charge in [0.05, 0.1) is 5.56 Å². The van der Waals surface area contributed by atoms with E-state index in [2.05, 4.69) is 10.4 Å². The van der Waals surface area contributed by atoms with Crippen LogP contribution in [0.2, 0.25) is 0 Å². The third-order valence-corrected chi connectivity index (χ3v) is 5.89. The highest BCUT2D eigenvalue weighted by Crippen LogP contribution is 2.30. The standard InChI is InChI=1S/C25H28F3N5O3/c1-15(14-31(2)3)36-21-13-20(33-25(35)32-11-7-6-10-22(32)30-33)18(26)12-17(21)24(34)29-19-9-5-4-8-16(19)23(27)28/h4-5,8-9,12-13,15,23H,6-7,10-11,14H2,1-3H3,(H,29,34). The van der Waals surface area contributed by atoms with Gasteiger partial charge in [0.1, 0.15) is 29.2 Å². The molecule has 2 aromatic carbocycles. The molecule has 11 heteroatoms. The van der Waals surface area contributed by atoms with Crippen LogP contribution in [0.25, 0.3) is 5.69 Å². The fourth-order valence-corrected chi connectivity index (χ4v) is 4.30. The average Bonchev–Trinajstić information content (AvgIpc) is 3.16. The summed E-state index contributed by atoms with van der Waals surface area (Å²) in [5.74, 6) is -1.12. The van der Waals surface area contributed by atoms with Crippen LogP contribution in [0.5, 0.6) is 5.75 Å². The van der Waals surface area contributed by atoms with Crippen molar-refractivity contribution in [1.82, 2.24) is 19.2 Å². The van der Waals surface area contributed by atoms with Gasteiger partial charge in [-0.2, -0.15) is 4.68 Å². The molecular weight excluding hydrogens is 475 g/mol. The zero-order chi connectivity index (χ0) is 26.0. The van der Waals surface area contributed by atoms with Gasteiger partial charge in [-0.3, -0.25) is 9.36 Å². The number of carbonyl (C=O) groups is 1. The number of aryl methyl sites for hydroxylation is 1. The maximum atomic E-state index is 15.3. The zero-order valence-corrected chi connectivity index (χ0v) is 20.3. The third kappa shape index (κ3) is 5.30. The summed E-state index contributed by atoms with van der Waals surface area (Å²) in [6.07, 6.45) is -0.900. The number of likely N-dealkylation sites (N-methyl/N-ethyl adjacent to an activating group) is 1. The number of anilines is 1. The van der Waals surface area contributed by atoms with Crippen LogP contribution >= 0.6 is 0 Å². The van der Waals surface area contributed by atoms with Crippen LogP contribution in [0.3, 0.4) is 0 Å². The molecule has 4 rings (SSSR count). The number of hydrogen-bond donors (Lipinski definition) is 1. The van der Waals surface area contributed by atoms with E-state index in [0.29, 0.717) is 25.3 Å². The minimum absolute atomic E-state index is 0.00523. The summed E-state index contributed by atoms with van der Waals surface area (Å²) in [5, 5.41) is 6.74. The number of hydrogen-bond acceptors (Lipinski definition) is 5. The molecule has 2 heterocycles. The molecule has 8 nitrogen and oxygen atoms in total. The van der Waals surface area contributed by atoms with Crippen molar-refractivity contribution in [2.24, 2.45) is 0 Å². The second kappa shape index (κ2) is 10.6. The number of nitrogens with zero attached hydrogens (tertiary/aromatic N) is 4. The molecule has 0 saturated carbocycles. The lowest BCUT2D eigenvalue weighted by Gasteiger charge is -2.21. The molecule has 1 aliphatic rings. The van der Waals surface area contributed by atoms with Crippen molar-refractivity contribution in [1.29, 1.82) is 0 Å². The molecule has 0 bridgehead atoms. The predicted octanol–water partition coefficient (Wildman–Crippen LogP) is 4.03. The van der Waals surface area contributed by atoms with Gasteiger partial charge in [-0.15, -0.1) is 5.10 Å². The Hall–Kier alpha value is -3.60. The van der Waals surface area contributed by atoms with Crippen molar-refractivity contribution in [3.63, 3.8) is 0 Å². The number of halogens is 3. The lowest BCUT2D eigenvalue weighted by Crippen LogP contribution is -2.29. The number of aromatic nitrogens is 3. The van der Waals surface area contributed by atoms with Gasteiger partial charge in [0.15, 0.2) is 0 Å². The van der Waals surface area contributed by atoms with Crippen molar-refractivity contribution in [3.05, 3.63) is 69.7 Å². The molecule has 0 fully saturated rings. The number of carbonyl (C=O) groups excluding carboxylic acids is 1. The molecule has 1 unspecified atom stereocenters. The molecule has 36 heavy (non-hydrogen) atoms. The van der Waals surface area contributed by atoms with Crippen molar-refractivity contribution in [3.8, 4) is 11.4 Å². The third-order valence-electron chi connectivity index (χ3n) is 5.89. The van der Waals surface area contributed by atoms with E-state index in [0.717, 1.165) is 23.6 Å². The Morgan fingerprint density at radius 1 is 1.22 bits per heavy atom. The number of fused-ring (bicyclic) bond motifs is 1. The maximum absolute atomic E-state index is 15.3. The summed E-state index contributed by atoms with van der Waals surface area (Å²) in [5.41, 5.74) is -1.27. The van der Waals surface area contributed by atoms with Crippen LogP contribution in [0.15, 0.2) is 41.2 Å². The number of ether oxygens (including phenoxy) is 1. The van der Waals surface area contributed by atoms with Crippen molar-refractivity contribution in [2.75, 3.05) is 26.0 Å². The Bertz CT molecular complexity index is 1320. The van der Waals surface area contributed by atoms with Crippen molar-refractivity contribution < 1.29 is 22.7 Å². The number of benzene rings is 2. The second-order valence-corrected chi connectivity index (χ2v) is 9.05. The summed E-state index contributed by atoms with van der Waals surface area (Å²) in [6, 6.07) is 7.69. The maximum Gasteiger partial charge on any atom is 0.350 e. The molecule has 0 radical (unpaired) electrons. The smallest absolute Gasteiger partial charge is 0.350 e. The highest BCUT2D eigenvalue weighted by atomic mass is 19.3.